The highest BCUT2D eigenvalue weighted by Gasteiger charge is 2.24. The summed E-state index contributed by atoms with van der Waals surface area (Å²) in [7, 11) is 0. The maximum Gasteiger partial charge on any atom is 0.162 e. The van der Waals surface area contributed by atoms with Crippen LogP contribution >= 0.6 is 0 Å². The van der Waals surface area contributed by atoms with E-state index in [-0.39, 0.29) is 5.84 Å². The van der Waals surface area contributed by atoms with Crippen LogP contribution in [-0.2, 0) is 0 Å². The number of aryl methyl sites for hydroxylation is 1. The van der Waals surface area contributed by atoms with Crippen LogP contribution in [0.3, 0.4) is 0 Å². The van der Waals surface area contributed by atoms with Crippen molar-refractivity contribution in [2.24, 2.45) is 5.73 Å². The van der Waals surface area contributed by atoms with Gasteiger partial charge in [0.1, 0.15) is 5.84 Å². The molecule has 0 aromatic carbocycles. The van der Waals surface area contributed by atoms with Gasteiger partial charge in [0.25, 0.3) is 0 Å². The Bertz CT molecular complexity index is 483. The molecule has 0 saturated carbocycles. The number of nitrogens with zero attached hydrogens (tertiary/aromatic N) is 3. The Morgan fingerprint density at radius 2 is 2.00 bits per heavy atom. The molecule has 0 aliphatic carbocycles. The molecule has 2 rings (SSSR count). The number of aromatic nitrogens is 2. The molecule has 1 saturated heterocycles. The normalized spacial score (nSPS) is 20.2. The van der Waals surface area contributed by atoms with Crippen LogP contribution in [0.15, 0.2) is 0 Å². The summed E-state index contributed by atoms with van der Waals surface area (Å²) in [6, 6.07) is 0.428. The Hall–Kier alpha value is -1.65. The summed E-state index contributed by atoms with van der Waals surface area (Å²) in [5.41, 5.74) is 8.33. The lowest BCUT2D eigenvalue weighted by molar-refractivity contribution is 0.607. The Balaban J connectivity index is 2.48. The van der Waals surface area contributed by atoms with Crippen molar-refractivity contribution >= 4 is 11.7 Å². The molecule has 3 N–H and O–H groups in total. The van der Waals surface area contributed by atoms with Gasteiger partial charge in [-0.05, 0) is 39.2 Å². The molecule has 0 amide bonds. The zero-order valence-corrected chi connectivity index (χ0v) is 12.0. The average molecular weight is 261 g/mol. The van der Waals surface area contributed by atoms with Gasteiger partial charge < -0.3 is 10.6 Å². The molecule has 1 atom stereocenters. The van der Waals surface area contributed by atoms with E-state index >= 15 is 0 Å². The van der Waals surface area contributed by atoms with Crippen LogP contribution in [0, 0.1) is 19.3 Å². The number of nitrogens with two attached hydrogens (primary N) is 1. The van der Waals surface area contributed by atoms with Crippen LogP contribution in [0.4, 0.5) is 5.82 Å². The first kappa shape index (κ1) is 13.8. The molecule has 0 bridgehead atoms. The second-order valence-electron chi connectivity index (χ2n) is 5.41. The number of hydrogen-bond donors (Lipinski definition) is 2. The molecular formula is C14H23N5. The molecule has 104 valence electrons. The third-order valence-corrected chi connectivity index (χ3v) is 4.03. The fraction of sp³-hybridized carbons (Fsp3) is 0.643. The molecule has 1 aliphatic heterocycles. The largest absolute Gasteiger partial charge is 0.384 e. The molecule has 1 aromatic rings. The average Bonchev–Trinajstić information content (AvgIpc) is 2.57. The molecule has 1 aromatic heterocycles. The van der Waals surface area contributed by atoms with Gasteiger partial charge in [-0.25, -0.2) is 0 Å². The van der Waals surface area contributed by atoms with Crippen LogP contribution in [0.1, 0.15) is 49.4 Å². The van der Waals surface area contributed by atoms with Crippen molar-refractivity contribution in [3.05, 3.63) is 16.8 Å². The molecule has 1 unspecified atom stereocenters. The van der Waals surface area contributed by atoms with Gasteiger partial charge in [0, 0.05) is 12.6 Å². The highest BCUT2D eigenvalue weighted by atomic mass is 15.3. The summed E-state index contributed by atoms with van der Waals surface area (Å²) in [5.74, 6) is 0.868. The molecule has 2 heterocycles. The molecule has 1 aliphatic rings. The lowest BCUT2D eigenvalue weighted by Gasteiger charge is -2.30. The molecule has 1 fully saturated rings. The lowest BCUT2D eigenvalue weighted by atomic mass is 10.1. The number of anilines is 1. The predicted octanol–water partition coefficient (Wildman–Crippen LogP) is 2.15. The van der Waals surface area contributed by atoms with Crippen LogP contribution in [0.2, 0.25) is 0 Å². The standard InChI is InChI=1S/C14H23N5/c1-9-7-5-4-6-8-19(9)14-12(13(15)16)10(2)11(3)17-18-14/h9H,4-8H2,1-3H3,(H3,15,16). The first-order valence-electron chi connectivity index (χ1n) is 6.97. The smallest absolute Gasteiger partial charge is 0.162 e. The highest BCUT2D eigenvalue weighted by Crippen LogP contribution is 2.27. The number of hydrogen-bond acceptors (Lipinski definition) is 4. The zero-order valence-electron chi connectivity index (χ0n) is 12.0. The summed E-state index contributed by atoms with van der Waals surface area (Å²) in [6.07, 6.45) is 4.84. The molecular weight excluding hydrogens is 238 g/mol. The van der Waals surface area contributed by atoms with Gasteiger partial charge in [0.05, 0.1) is 11.3 Å². The highest BCUT2D eigenvalue weighted by molar-refractivity contribution is 6.01. The van der Waals surface area contributed by atoms with Crippen molar-refractivity contribution < 1.29 is 0 Å². The third-order valence-electron chi connectivity index (χ3n) is 4.03. The van der Waals surface area contributed by atoms with E-state index in [2.05, 4.69) is 22.0 Å². The van der Waals surface area contributed by atoms with E-state index in [1.165, 1.54) is 12.8 Å². The Morgan fingerprint density at radius 3 is 2.68 bits per heavy atom. The van der Waals surface area contributed by atoms with Crippen molar-refractivity contribution in [1.29, 1.82) is 5.41 Å². The van der Waals surface area contributed by atoms with Gasteiger partial charge in [0.15, 0.2) is 5.82 Å². The quantitative estimate of drug-likeness (QED) is 0.631. The number of nitrogens with one attached hydrogen (secondary N) is 1. The van der Waals surface area contributed by atoms with Crippen LogP contribution in [0.25, 0.3) is 0 Å². The van der Waals surface area contributed by atoms with Crippen molar-refractivity contribution in [1.82, 2.24) is 10.2 Å². The summed E-state index contributed by atoms with van der Waals surface area (Å²) in [5, 5.41) is 16.4. The molecule has 5 heteroatoms. The number of amidine groups is 1. The summed E-state index contributed by atoms with van der Waals surface area (Å²) in [6.45, 7) is 7.06. The minimum absolute atomic E-state index is 0.0851. The van der Waals surface area contributed by atoms with E-state index in [0.717, 1.165) is 42.0 Å². The monoisotopic (exact) mass is 261 g/mol. The van der Waals surface area contributed by atoms with Crippen molar-refractivity contribution in [2.75, 3.05) is 11.4 Å². The van der Waals surface area contributed by atoms with E-state index in [1.807, 2.05) is 13.8 Å². The molecule has 0 radical (unpaired) electrons. The summed E-state index contributed by atoms with van der Waals surface area (Å²) < 4.78 is 0. The minimum atomic E-state index is 0.0851. The van der Waals surface area contributed by atoms with E-state index in [9.17, 15) is 0 Å². The van der Waals surface area contributed by atoms with Gasteiger partial charge in [-0.3, -0.25) is 5.41 Å². The van der Waals surface area contributed by atoms with Crippen molar-refractivity contribution in [3.8, 4) is 0 Å². The van der Waals surface area contributed by atoms with E-state index < -0.39 is 0 Å². The third kappa shape index (κ3) is 2.69. The fourth-order valence-electron chi connectivity index (χ4n) is 2.71. The first-order valence-corrected chi connectivity index (χ1v) is 6.97. The maximum absolute atomic E-state index is 7.84. The van der Waals surface area contributed by atoms with Crippen LogP contribution in [-0.4, -0.2) is 28.6 Å². The van der Waals surface area contributed by atoms with E-state index in [1.54, 1.807) is 0 Å². The molecule has 0 spiro atoms. The predicted molar refractivity (Wildman–Crippen MR) is 77.8 cm³/mol. The van der Waals surface area contributed by atoms with Gasteiger partial charge in [-0.2, -0.15) is 5.10 Å². The Morgan fingerprint density at radius 1 is 1.26 bits per heavy atom. The Labute approximate surface area is 114 Å². The Kier molecular flexibility index (Phi) is 4.02. The van der Waals surface area contributed by atoms with Gasteiger partial charge in [-0.15, -0.1) is 5.10 Å². The zero-order chi connectivity index (χ0) is 14.0. The first-order chi connectivity index (χ1) is 9.02. The summed E-state index contributed by atoms with van der Waals surface area (Å²) in [4.78, 5) is 2.27. The maximum atomic E-state index is 7.84. The van der Waals surface area contributed by atoms with Crippen molar-refractivity contribution in [2.45, 2.75) is 52.5 Å². The van der Waals surface area contributed by atoms with E-state index in [0.29, 0.717) is 6.04 Å². The summed E-state index contributed by atoms with van der Waals surface area (Å²) >= 11 is 0. The second kappa shape index (κ2) is 5.55. The van der Waals surface area contributed by atoms with E-state index in [4.69, 9.17) is 11.1 Å². The van der Waals surface area contributed by atoms with Gasteiger partial charge >= 0.3 is 0 Å². The topological polar surface area (TPSA) is 78.9 Å². The van der Waals surface area contributed by atoms with Gasteiger partial charge in [0.2, 0.25) is 0 Å². The van der Waals surface area contributed by atoms with Crippen LogP contribution in [0.5, 0.6) is 0 Å². The lowest BCUT2D eigenvalue weighted by Crippen LogP contribution is -2.36. The van der Waals surface area contributed by atoms with Crippen LogP contribution < -0.4 is 10.6 Å². The molecule has 19 heavy (non-hydrogen) atoms. The SMILES string of the molecule is Cc1nnc(N2CCCCCC2C)c(C(=N)N)c1C. The minimum Gasteiger partial charge on any atom is -0.384 e. The number of nitrogen functional groups attached to an aromatic ring is 1. The van der Waals surface area contributed by atoms with Gasteiger partial charge in [-0.1, -0.05) is 12.8 Å². The van der Waals surface area contributed by atoms with Crippen molar-refractivity contribution in [3.63, 3.8) is 0 Å². The number of rotatable bonds is 2. The second-order valence-corrected chi connectivity index (χ2v) is 5.41. The molecule has 5 nitrogen and oxygen atoms in total. The fourth-order valence-corrected chi connectivity index (χ4v) is 2.71.